The molecule has 0 aliphatic heterocycles. The Morgan fingerprint density at radius 2 is 2.19 bits per heavy atom. The Morgan fingerprint density at radius 1 is 1.38 bits per heavy atom. The Kier molecular flexibility index (Phi) is 5.37. The van der Waals surface area contributed by atoms with Crippen molar-refractivity contribution in [2.45, 2.75) is 52.5 Å². The maximum absolute atomic E-state index is 12.1. The van der Waals surface area contributed by atoms with Crippen molar-refractivity contribution in [1.29, 1.82) is 0 Å². The molecule has 0 unspecified atom stereocenters. The van der Waals surface area contributed by atoms with Crippen LogP contribution in [0.1, 0.15) is 45.1 Å². The summed E-state index contributed by atoms with van der Waals surface area (Å²) in [5, 5.41) is 7.52. The van der Waals surface area contributed by atoms with E-state index in [1.807, 2.05) is 38.1 Å². The highest BCUT2D eigenvalue weighted by atomic mass is 16.2. The number of amides is 1. The van der Waals surface area contributed by atoms with Crippen molar-refractivity contribution >= 4 is 17.3 Å². The Balaban J connectivity index is 1.89. The zero-order valence-corrected chi connectivity index (χ0v) is 13.1. The molecule has 1 fully saturated rings. The molecule has 0 heterocycles. The summed E-state index contributed by atoms with van der Waals surface area (Å²) in [6, 6.07) is 7.69. The normalized spacial score (nSPS) is 21.9. The van der Waals surface area contributed by atoms with Gasteiger partial charge in [-0.25, -0.2) is 5.43 Å². The van der Waals surface area contributed by atoms with Crippen LogP contribution in [0.25, 0.3) is 0 Å². The van der Waals surface area contributed by atoms with E-state index in [-0.39, 0.29) is 11.9 Å². The lowest BCUT2D eigenvalue weighted by Crippen LogP contribution is -2.36. The molecule has 4 heteroatoms. The molecule has 2 rings (SSSR count). The van der Waals surface area contributed by atoms with Crippen molar-refractivity contribution in [3.05, 3.63) is 29.8 Å². The molecule has 4 nitrogen and oxygen atoms in total. The third kappa shape index (κ3) is 4.59. The van der Waals surface area contributed by atoms with Crippen molar-refractivity contribution in [2.75, 3.05) is 5.32 Å². The quantitative estimate of drug-likeness (QED) is 0.833. The van der Waals surface area contributed by atoms with Crippen molar-refractivity contribution < 1.29 is 4.79 Å². The lowest BCUT2D eigenvalue weighted by atomic mass is 9.89. The number of hydrazone groups is 1. The summed E-state index contributed by atoms with van der Waals surface area (Å²) in [5.74, 6) is 0.390. The highest BCUT2D eigenvalue weighted by Gasteiger charge is 2.17. The summed E-state index contributed by atoms with van der Waals surface area (Å²) in [6.07, 6.45) is 4.61. The molecule has 1 saturated carbocycles. The summed E-state index contributed by atoms with van der Waals surface area (Å²) in [7, 11) is 0. The van der Waals surface area contributed by atoms with Crippen LogP contribution < -0.4 is 10.7 Å². The van der Waals surface area contributed by atoms with E-state index in [1.54, 1.807) is 0 Å². The van der Waals surface area contributed by atoms with Gasteiger partial charge in [-0.05, 0) is 56.7 Å². The Hall–Kier alpha value is -1.84. The first kappa shape index (κ1) is 15.5. The summed E-state index contributed by atoms with van der Waals surface area (Å²) in [6.45, 7) is 6.06. The van der Waals surface area contributed by atoms with Crippen molar-refractivity contribution in [3.63, 3.8) is 0 Å². The van der Waals surface area contributed by atoms with Gasteiger partial charge in [-0.2, -0.15) is 5.10 Å². The Bertz CT molecular complexity index is 525. The first-order valence-corrected chi connectivity index (χ1v) is 7.76. The zero-order chi connectivity index (χ0) is 15.2. The molecule has 0 saturated heterocycles. The molecule has 1 aliphatic carbocycles. The second-order valence-electron chi connectivity index (χ2n) is 5.96. The molecule has 0 radical (unpaired) electrons. The molecule has 0 bridgehead atoms. The molecule has 21 heavy (non-hydrogen) atoms. The number of carbonyl (C=O) groups is 1. The lowest BCUT2D eigenvalue weighted by molar-refractivity contribution is -0.121. The molecule has 1 aromatic rings. The molecule has 114 valence electrons. The van der Waals surface area contributed by atoms with Gasteiger partial charge in [0.1, 0.15) is 6.04 Å². The van der Waals surface area contributed by atoms with E-state index < -0.39 is 0 Å². The third-order valence-corrected chi connectivity index (χ3v) is 3.99. The molecule has 2 atom stereocenters. The third-order valence-electron chi connectivity index (χ3n) is 3.99. The van der Waals surface area contributed by atoms with Gasteiger partial charge < -0.3 is 5.32 Å². The largest absolute Gasteiger partial charge is 0.374 e. The van der Waals surface area contributed by atoms with Gasteiger partial charge >= 0.3 is 0 Å². The minimum atomic E-state index is -0.310. The van der Waals surface area contributed by atoms with Crippen LogP contribution in [0.5, 0.6) is 0 Å². The summed E-state index contributed by atoms with van der Waals surface area (Å²) in [5.41, 5.74) is 5.95. The Morgan fingerprint density at radius 3 is 2.90 bits per heavy atom. The van der Waals surface area contributed by atoms with Gasteiger partial charge in [0.25, 0.3) is 5.91 Å². The first-order valence-electron chi connectivity index (χ1n) is 7.76. The summed E-state index contributed by atoms with van der Waals surface area (Å²) >= 11 is 0. The van der Waals surface area contributed by atoms with E-state index in [9.17, 15) is 4.79 Å². The zero-order valence-electron chi connectivity index (χ0n) is 13.1. The van der Waals surface area contributed by atoms with Crippen LogP contribution in [0.2, 0.25) is 0 Å². The molecular formula is C17H25N3O. The van der Waals surface area contributed by atoms with E-state index in [4.69, 9.17) is 0 Å². The predicted molar refractivity (Wildman–Crippen MR) is 87.5 cm³/mol. The van der Waals surface area contributed by atoms with Crippen molar-refractivity contribution in [2.24, 2.45) is 11.0 Å². The highest BCUT2D eigenvalue weighted by molar-refractivity contribution is 5.90. The number of carbonyl (C=O) groups excluding carboxylic acids is 1. The molecule has 1 amide bonds. The smallest absolute Gasteiger partial charge is 0.262 e. The standard InChI is InChI=1S/C17H25N3O/c1-12-7-6-9-15(11-12)18-14(3)17(21)20-19-16-10-5-4-8-13(16)2/h6-7,9,11,13-14,18H,4-5,8,10H2,1-3H3,(H,20,21)/b19-16+/t13-,14-/m0/s1. The van der Waals surface area contributed by atoms with Crippen LogP contribution in [0.3, 0.4) is 0 Å². The number of nitrogens with zero attached hydrogens (tertiary/aromatic N) is 1. The van der Waals surface area contributed by atoms with Gasteiger partial charge in [0.15, 0.2) is 0 Å². The SMILES string of the molecule is Cc1cccc(N[C@@H](C)C(=O)N/N=C2\CCCC[C@@H]2C)c1. The minimum Gasteiger partial charge on any atom is -0.374 e. The van der Waals surface area contributed by atoms with Crippen LogP contribution in [-0.2, 0) is 4.79 Å². The monoisotopic (exact) mass is 287 g/mol. The van der Waals surface area contributed by atoms with E-state index in [0.717, 1.165) is 17.8 Å². The predicted octanol–water partition coefficient (Wildman–Crippen LogP) is 3.48. The van der Waals surface area contributed by atoms with Gasteiger partial charge in [-0.15, -0.1) is 0 Å². The molecule has 2 N–H and O–H groups in total. The number of hydrogen-bond acceptors (Lipinski definition) is 3. The molecule has 0 spiro atoms. The second-order valence-corrected chi connectivity index (χ2v) is 5.96. The van der Waals surface area contributed by atoms with Crippen molar-refractivity contribution in [3.8, 4) is 0 Å². The summed E-state index contributed by atoms with van der Waals surface area (Å²) in [4.78, 5) is 12.1. The Labute approximate surface area is 127 Å². The number of hydrogen-bond donors (Lipinski definition) is 2. The fourth-order valence-electron chi connectivity index (χ4n) is 2.61. The highest BCUT2D eigenvalue weighted by Crippen LogP contribution is 2.20. The van der Waals surface area contributed by atoms with E-state index in [0.29, 0.717) is 5.92 Å². The maximum Gasteiger partial charge on any atom is 0.262 e. The van der Waals surface area contributed by atoms with Crippen LogP contribution in [-0.4, -0.2) is 17.7 Å². The number of benzene rings is 1. The summed E-state index contributed by atoms with van der Waals surface area (Å²) < 4.78 is 0. The first-order chi connectivity index (χ1) is 10.1. The van der Waals surface area contributed by atoms with Gasteiger partial charge in [0.2, 0.25) is 0 Å². The van der Waals surface area contributed by atoms with Gasteiger partial charge in [-0.1, -0.05) is 25.5 Å². The topological polar surface area (TPSA) is 53.5 Å². The molecule has 1 aliphatic rings. The van der Waals surface area contributed by atoms with Crippen LogP contribution in [0, 0.1) is 12.8 Å². The van der Waals surface area contributed by atoms with Gasteiger partial charge in [0.05, 0.1) is 0 Å². The van der Waals surface area contributed by atoms with E-state index in [2.05, 4.69) is 22.8 Å². The number of rotatable bonds is 4. The van der Waals surface area contributed by atoms with E-state index in [1.165, 1.54) is 24.8 Å². The van der Waals surface area contributed by atoms with E-state index >= 15 is 0 Å². The van der Waals surface area contributed by atoms with Crippen molar-refractivity contribution in [1.82, 2.24) is 5.43 Å². The fourth-order valence-corrected chi connectivity index (χ4v) is 2.61. The number of nitrogens with one attached hydrogen (secondary N) is 2. The van der Waals surface area contributed by atoms with Gasteiger partial charge in [-0.3, -0.25) is 4.79 Å². The maximum atomic E-state index is 12.1. The second kappa shape index (κ2) is 7.25. The van der Waals surface area contributed by atoms with Gasteiger partial charge in [0, 0.05) is 11.4 Å². The molecule has 1 aromatic carbocycles. The fraction of sp³-hybridized carbons (Fsp3) is 0.529. The molecular weight excluding hydrogens is 262 g/mol. The minimum absolute atomic E-state index is 0.0956. The van der Waals surface area contributed by atoms with Crippen LogP contribution in [0.4, 0.5) is 5.69 Å². The van der Waals surface area contributed by atoms with Crippen LogP contribution in [0.15, 0.2) is 29.4 Å². The number of aryl methyl sites for hydroxylation is 1. The number of anilines is 1. The lowest BCUT2D eigenvalue weighted by Gasteiger charge is -2.20. The average Bonchev–Trinajstić information content (AvgIpc) is 2.46. The molecule has 0 aromatic heterocycles. The van der Waals surface area contributed by atoms with Crippen LogP contribution >= 0.6 is 0 Å². The average molecular weight is 287 g/mol.